The van der Waals surface area contributed by atoms with Crippen LogP contribution in [0, 0.1) is 13.8 Å². The van der Waals surface area contributed by atoms with Crippen LogP contribution >= 0.6 is 0 Å². The number of fused-ring (bicyclic) bond motifs is 1. The van der Waals surface area contributed by atoms with Crippen LogP contribution in [0.2, 0.25) is 0 Å². The molecule has 1 heterocycles. The van der Waals surface area contributed by atoms with E-state index in [9.17, 15) is 0 Å². The van der Waals surface area contributed by atoms with Gasteiger partial charge < -0.3 is 14.0 Å². The summed E-state index contributed by atoms with van der Waals surface area (Å²) in [6.07, 6.45) is 0.900. The van der Waals surface area contributed by atoms with Gasteiger partial charge in [0.15, 0.2) is 0 Å². The van der Waals surface area contributed by atoms with Crippen molar-refractivity contribution >= 4 is 11.0 Å². The van der Waals surface area contributed by atoms with E-state index in [0.29, 0.717) is 6.61 Å². The van der Waals surface area contributed by atoms with Crippen LogP contribution in [0.4, 0.5) is 0 Å². The first kappa shape index (κ1) is 19.1. The zero-order chi connectivity index (χ0) is 20.2. The lowest BCUT2D eigenvalue weighted by molar-refractivity contribution is 0.299. The molecule has 29 heavy (non-hydrogen) atoms. The Morgan fingerprint density at radius 1 is 0.862 bits per heavy atom. The van der Waals surface area contributed by atoms with Crippen molar-refractivity contribution < 1.29 is 9.47 Å². The molecule has 0 saturated heterocycles. The van der Waals surface area contributed by atoms with Gasteiger partial charge >= 0.3 is 0 Å². The number of hydrogen-bond acceptors (Lipinski definition) is 3. The molecule has 4 aromatic rings. The molecular weight excluding hydrogens is 360 g/mol. The van der Waals surface area contributed by atoms with Gasteiger partial charge in [-0.1, -0.05) is 30.3 Å². The molecule has 0 saturated carbocycles. The summed E-state index contributed by atoms with van der Waals surface area (Å²) in [7, 11) is 1.68. The van der Waals surface area contributed by atoms with Crippen LogP contribution in [-0.2, 0) is 6.54 Å². The van der Waals surface area contributed by atoms with E-state index < -0.39 is 0 Å². The fourth-order valence-electron chi connectivity index (χ4n) is 3.69. The van der Waals surface area contributed by atoms with Crippen molar-refractivity contribution in [3.8, 4) is 22.9 Å². The lowest BCUT2D eigenvalue weighted by Crippen LogP contribution is -2.07. The standard InChI is InChI=1S/C25H26N2O2/c1-18-8-6-9-19(2)24(18)29-17-7-16-27-23-11-5-4-10-22(23)26-25(27)20-12-14-21(28-3)15-13-20/h4-6,8-15H,7,16-17H2,1-3H3. The molecule has 0 bridgehead atoms. The molecule has 4 nitrogen and oxygen atoms in total. The SMILES string of the molecule is COc1ccc(-c2nc3ccccc3n2CCCOc2c(C)cccc2C)cc1. The van der Waals surface area contributed by atoms with Gasteiger partial charge in [-0.3, -0.25) is 0 Å². The van der Waals surface area contributed by atoms with Crippen LogP contribution in [0.5, 0.6) is 11.5 Å². The van der Waals surface area contributed by atoms with Crippen LogP contribution in [0.3, 0.4) is 0 Å². The smallest absolute Gasteiger partial charge is 0.141 e. The van der Waals surface area contributed by atoms with Crippen molar-refractivity contribution in [2.24, 2.45) is 0 Å². The van der Waals surface area contributed by atoms with Crippen LogP contribution in [0.15, 0.2) is 66.7 Å². The number of nitrogens with zero attached hydrogens (tertiary/aromatic N) is 2. The fourth-order valence-corrected chi connectivity index (χ4v) is 3.69. The summed E-state index contributed by atoms with van der Waals surface area (Å²) in [4.78, 5) is 4.88. The summed E-state index contributed by atoms with van der Waals surface area (Å²) in [5.74, 6) is 2.82. The summed E-state index contributed by atoms with van der Waals surface area (Å²) in [6.45, 7) is 5.69. The summed E-state index contributed by atoms with van der Waals surface area (Å²) in [6, 6.07) is 22.6. The Bertz CT molecular complexity index is 1090. The molecule has 4 heteroatoms. The topological polar surface area (TPSA) is 36.3 Å². The van der Waals surface area contributed by atoms with Crippen LogP contribution in [0.25, 0.3) is 22.4 Å². The predicted octanol–water partition coefficient (Wildman–Crippen LogP) is 5.80. The Hall–Kier alpha value is -3.27. The zero-order valence-electron chi connectivity index (χ0n) is 17.2. The summed E-state index contributed by atoms with van der Waals surface area (Å²) >= 11 is 0. The number of ether oxygens (including phenoxy) is 2. The average molecular weight is 386 g/mol. The van der Waals surface area contributed by atoms with Crippen LogP contribution in [0.1, 0.15) is 17.5 Å². The molecule has 148 valence electrons. The molecule has 0 spiro atoms. The minimum Gasteiger partial charge on any atom is -0.497 e. The molecule has 0 unspecified atom stereocenters. The molecule has 3 aromatic carbocycles. The highest BCUT2D eigenvalue weighted by molar-refractivity contribution is 5.80. The first-order chi connectivity index (χ1) is 14.2. The number of hydrogen-bond donors (Lipinski definition) is 0. The number of aryl methyl sites for hydroxylation is 3. The summed E-state index contributed by atoms with van der Waals surface area (Å²) in [5.41, 5.74) is 5.59. The molecule has 0 aliphatic carbocycles. The largest absolute Gasteiger partial charge is 0.497 e. The third-order valence-electron chi connectivity index (χ3n) is 5.18. The maximum absolute atomic E-state index is 6.10. The molecule has 1 aromatic heterocycles. The van der Waals surface area contributed by atoms with Gasteiger partial charge in [0, 0.05) is 12.1 Å². The molecule has 0 N–H and O–H groups in total. The number of imidazole rings is 1. The van der Waals surface area contributed by atoms with Crippen molar-refractivity contribution in [2.75, 3.05) is 13.7 Å². The van der Waals surface area contributed by atoms with E-state index in [-0.39, 0.29) is 0 Å². The normalized spacial score (nSPS) is 11.0. The number of benzene rings is 3. The Morgan fingerprint density at radius 2 is 1.59 bits per heavy atom. The Kier molecular flexibility index (Phi) is 5.52. The van der Waals surface area contributed by atoms with E-state index in [2.05, 4.69) is 66.9 Å². The van der Waals surface area contributed by atoms with Gasteiger partial charge in [0.25, 0.3) is 0 Å². The van der Waals surface area contributed by atoms with Gasteiger partial charge in [-0.05, 0) is 67.8 Å². The van der Waals surface area contributed by atoms with Gasteiger partial charge in [0.2, 0.25) is 0 Å². The highest BCUT2D eigenvalue weighted by Gasteiger charge is 2.12. The molecule has 0 atom stereocenters. The molecule has 0 radical (unpaired) electrons. The van der Waals surface area contributed by atoms with Crippen molar-refractivity contribution in [1.82, 2.24) is 9.55 Å². The minimum absolute atomic E-state index is 0.667. The van der Waals surface area contributed by atoms with Crippen LogP contribution < -0.4 is 9.47 Å². The lowest BCUT2D eigenvalue weighted by atomic mass is 10.1. The molecule has 0 aliphatic rings. The second-order valence-corrected chi connectivity index (χ2v) is 7.23. The van der Waals surface area contributed by atoms with E-state index >= 15 is 0 Å². The molecule has 0 aliphatic heterocycles. The van der Waals surface area contributed by atoms with E-state index in [1.807, 2.05) is 18.2 Å². The third-order valence-corrected chi connectivity index (χ3v) is 5.18. The predicted molar refractivity (Wildman–Crippen MR) is 118 cm³/mol. The van der Waals surface area contributed by atoms with Crippen molar-refractivity contribution in [3.63, 3.8) is 0 Å². The third kappa shape index (κ3) is 3.97. The molecule has 4 rings (SSSR count). The van der Waals surface area contributed by atoms with Crippen molar-refractivity contribution in [1.29, 1.82) is 0 Å². The molecule has 0 amide bonds. The zero-order valence-corrected chi connectivity index (χ0v) is 17.2. The van der Waals surface area contributed by atoms with E-state index in [1.165, 1.54) is 11.1 Å². The first-order valence-corrected chi connectivity index (χ1v) is 9.96. The first-order valence-electron chi connectivity index (χ1n) is 9.96. The van der Waals surface area contributed by atoms with Crippen molar-refractivity contribution in [2.45, 2.75) is 26.8 Å². The second kappa shape index (κ2) is 8.39. The number of rotatable bonds is 7. The van der Waals surface area contributed by atoms with E-state index in [4.69, 9.17) is 14.5 Å². The summed E-state index contributed by atoms with van der Waals surface area (Å²) in [5, 5.41) is 0. The number of para-hydroxylation sites is 3. The maximum atomic E-state index is 6.10. The highest BCUT2D eigenvalue weighted by atomic mass is 16.5. The second-order valence-electron chi connectivity index (χ2n) is 7.23. The fraction of sp³-hybridized carbons (Fsp3) is 0.240. The van der Waals surface area contributed by atoms with Gasteiger partial charge in [-0.25, -0.2) is 4.98 Å². The maximum Gasteiger partial charge on any atom is 0.141 e. The van der Waals surface area contributed by atoms with Gasteiger partial charge in [-0.2, -0.15) is 0 Å². The minimum atomic E-state index is 0.667. The van der Waals surface area contributed by atoms with Gasteiger partial charge in [0.05, 0.1) is 24.8 Å². The molecular formula is C25H26N2O2. The van der Waals surface area contributed by atoms with E-state index in [1.54, 1.807) is 7.11 Å². The molecule has 0 fully saturated rings. The highest BCUT2D eigenvalue weighted by Crippen LogP contribution is 2.27. The van der Waals surface area contributed by atoms with Gasteiger partial charge in [-0.15, -0.1) is 0 Å². The monoisotopic (exact) mass is 386 g/mol. The Balaban J connectivity index is 1.56. The van der Waals surface area contributed by atoms with Crippen molar-refractivity contribution in [3.05, 3.63) is 77.9 Å². The van der Waals surface area contributed by atoms with Gasteiger partial charge in [0.1, 0.15) is 17.3 Å². The Morgan fingerprint density at radius 3 is 2.31 bits per heavy atom. The number of methoxy groups -OCH3 is 1. The summed E-state index contributed by atoms with van der Waals surface area (Å²) < 4.78 is 13.7. The van der Waals surface area contributed by atoms with Crippen LogP contribution in [-0.4, -0.2) is 23.3 Å². The quantitative estimate of drug-likeness (QED) is 0.377. The number of aromatic nitrogens is 2. The lowest BCUT2D eigenvalue weighted by Gasteiger charge is -2.13. The average Bonchev–Trinajstić information content (AvgIpc) is 3.11. The van der Waals surface area contributed by atoms with E-state index in [0.717, 1.165) is 46.9 Å². The Labute approximate surface area is 171 Å².